The molecule has 0 radical (unpaired) electrons. The average molecular weight is 469 g/mol. The Morgan fingerprint density at radius 2 is 1.69 bits per heavy atom. The summed E-state index contributed by atoms with van der Waals surface area (Å²) in [7, 11) is -4.23. The van der Waals surface area contributed by atoms with Gasteiger partial charge in [0.25, 0.3) is 0 Å². The van der Waals surface area contributed by atoms with Crippen molar-refractivity contribution in [1.29, 1.82) is 0 Å². The predicted molar refractivity (Wildman–Crippen MR) is 115 cm³/mol. The second-order valence-corrected chi connectivity index (χ2v) is 10.7. The maximum absolute atomic E-state index is 13.9. The molecule has 0 saturated carbocycles. The Morgan fingerprint density at radius 3 is 2.22 bits per heavy atom. The maximum Gasteiger partial charge on any atom is 0.414 e. The summed E-state index contributed by atoms with van der Waals surface area (Å²) in [6.07, 6.45) is -1.28. The lowest BCUT2D eigenvalue weighted by Crippen LogP contribution is -2.49. The van der Waals surface area contributed by atoms with Crippen molar-refractivity contribution in [1.82, 2.24) is 4.31 Å². The number of rotatable bonds is 4. The van der Waals surface area contributed by atoms with Crippen LogP contribution in [0.2, 0.25) is 0 Å². The molecule has 0 unspecified atom stereocenters. The number of hydrogen-bond acceptors (Lipinski definition) is 5. The van der Waals surface area contributed by atoms with Gasteiger partial charge in [0, 0.05) is 37.7 Å². The summed E-state index contributed by atoms with van der Waals surface area (Å²) in [6.45, 7) is 5.79. The third kappa shape index (κ3) is 5.43. The predicted octanol–water partition coefficient (Wildman–Crippen LogP) is 3.98. The molecule has 1 saturated heterocycles. The number of benzene rings is 2. The highest BCUT2D eigenvalue weighted by atomic mass is 32.2. The van der Waals surface area contributed by atoms with Crippen LogP contribution >= 0.6 is 0 Å². The minimum Gasteiger partial charge on any atom is -0.417 e. The molecular formula is C22H26F2N2O5S. The quantitative estimate of drug-likeness (QED) is 0.662. The van der Waals surface area contributed by atoms with Crippen molar-refractivity contribution in [2.24, 2.45) is 0 Å². The lowest BCUT2D eigenvalue weighted by Gasteiger charge is -2.36. The van der Waals surface area contributed by atoms with Crippen LogP contribution in [0.15, 0.2) is 47.4 Å². The first-order chi connectivity index (χ1) is 14.8. The van der Waals surface area contributed by atoms with Crippen LogP contribution in [0.25, 0.3) is 0 Å². The molecule has 0 bridgehead atoms. The van der Waals surface area contributed by atoms with Gasteiger partial charge in [-0.05, 0) is 35.2 Å². The van der Waals surface area contributed by atoms with E-state index in [4.69, 9.17) is 4.74 Å². The SMILES string of the molecule is CC(C)(C)c1ccc(NC(=O)OC2(O)CCN(S(=O)(=O)c3ccc(F)cc3F)CC2)cc1. The number of halogens is 2. The summed E-state index contributed by atoms with van der Waals surface area (Å²) in [5.41, 5.74) is 1.53. The molecule has 1 aliphatic rings. The molecule has 3 rings (SSSR count). The third-order valence-electron chi connectivity index (χ3n) is 5.30. The molecule has 1 amide bonds. The summed E-state index contributed by atoms with van der Waals surface area (Å²) in [4.78, 5) is 11.6. The molecule has 7 nitrogen and oxygen atoms in total. The Bertz CT molecular complexity index is 1090. The first kappa shape index (κ1) is 24.1. The fourth-order valence-corrected chi connectivity index (χ4v) is 4.86. The van der Waals surface area contributed by atoms with E-state index in [2.05, 4.69) is 26.1 Å². The number of amides is 1. The highest BCUT2D eigenvalue weighted by Gasteiger charge is 2.40. The number of anilines is 1. The normalized spacial score (nSPS) is 17.1. The third-order valence-corrected chi connectivity index (χ3v) is 7.23. The zero-order valence-corrected chi connectivity index (χ0v) is 18.9. The maximum atomic E-state index is 13.9. The van der Waals surface area contributed by atoms with Crippen molar-refractivity contribution in [2.75, 3.05) is 18.4 Å². The molecule has 2 aromatic rings. The monoisotopic (exact) mass is 468 g/mol. The zero-order chi connectivity index (χ0) is 23.7. The zero-order valence-electron chi connectivity index (χ0n) is 18.1. The Hall–Kier alpha value is -2.56. The van der Waals surface area contributed by atoms with Gasteiger partial charge in [0.05, 0.1) is 0 Å². The lowest BCUT2D eigenvalue weighted by atomic mass is 9.87. The van der Waals surface area contributed by atoms with E-state index in [-0.39, 0.29) is 31.3 Å². The first-order valence-corrected chi connectivity index (χ1v) is 11.5. The Labute approximate surface area is 186 Å². The summed E-state index contributed by atoms with van der Waals surface area (Å²) in [5.74, 6) is -3.95. The summed E-state index contributed by atoms with van der Waals surface area (Å²) < 4.78 is 58.5. The fourth-order valence-electron chi connectivity index (χ4n) is 3.37. The second kappa shape index (κ2) is 8.76. The van der Waals surface area contributed by atoms with Gasteiger partial charge in [-0.1, -0.05) is 32.9 Å². The van der Waals surface area contributed by atoms with E-state index < -0.39 is 38.4 Å². The van der Waals surface area contributed by atoms with E-state index in [0.717, 1.165) is 22.0 Å². The van der Waals surface area contributed by atoms with Crippen molar-refractivity contribution < 1.29 is 31.8 Å². The van der Waals surface area contributed by atoms with Crippen molar-refractivity contribution in [3.05, 3.63) is 59.7 Å². The Kier molecular flexibility index (Phi) is 6.60. The summed E-state index contributed by atoms with van der Waals surface area (Å²) >= 11 is 0. The van der Waals surface area contributed by atoms with Gasteiger partial charge in [0.15, 0.2) is 0 Å². The number of hydrogen-bond donors (Lipinski definition) is 2. The molecule has 0 atom stereocenters. The van der Waals surface area contributed by atoms with Crippen molar-refractivity contribution in [2.45, 2.75) is 49.7 Å². The van der Waals surface area contributed by atoms with Gasteiger partial charge in [-0.15, -0.1) is 0 Å². The van der Waals surface area contributed by atoms with Gasteiger partial charge in [-0.25, -0.2) is 22.0 Å². The number of nitrogens with one attached hydrogen (secondary N) is 1. The molecular weight excluding hydrogens is 442 g/mol. The standard InChI is InChI=1S/C22H26F2N2O5S/c1-21(2,3)15-4-7-17(8-5-15)25-20(27)31-22(28)10-12-26(13-11-22)32(29,30)19-9-6-16(23)14-18(19)24/h4-9,14,28H,10-13H2,1-3H3,(H,25,27). The molecule has 1 fully saturated rings. The van der Waals surface area contributed by atoms with Crippen molar-refractivity contribution in [3.8, 4) is 0 Å². The van der Waals surface area contributed by atoms with Crippen LogP contribution < -0.4 is 5.32 Å². The van der Waals surface area contributed by atoms with Crippen LogP contribution in [0.3, 0.4) is 0 Å². The van der Waals surface area contributed by atoms with Gasteiger partial charge >= 0.3 is 6.09 Å². The van der Waals surface area contributed by atoms with E-state index >= 15 is 0 Å². The van der Waals surface area contributed by atoms with E-state index in [1.165, 1.54) is 0 Å². The van der Waals surface area contributed by atoms with Crippen molar-refractivity contribution >= 4 is 21.8 Å². The number of aliphatic hydroxyl groups is 1. The van der Waals surface area contributed by atoms with Gasteiger partial charge in [-0.3, -0.25) is 5.32 Å². The van der Waals surface area contributed by atoms with Crippen LogP contribution in [-0.2, 0) is 20.2 Å². The van der Waals surface area contributed by atoms with Gasteiger partial charge in [0.1, 0.15) is 16.5 Å². The highest BCUT2D eigenvalue weighted by molar-refractivity contribution is 7.89. The van der Waals surface area contributed by atoms with E-state index in [0.29, 0.717) is 11.8 Å². The lowest BCUT2D eigenvalue weighted by molar-refractivity contribution is -0.180. The Balaban J connectivity index is 1.60. The second-order valence-electron chi connectivity index (χ2n) is 8.77. The van der Waals surface area contributed by atoms with Gasteiger partial charge < -0.3 is 9.84 Å². The van der Waals surface area contributed by atoms with Gasteiger partial charge in [-0.2, -0.15) is 4.31 Å². The topological polar surface area (TPSA) is 95.9 Å². The molecule has 1 aliphatic heterocycles. The Morgan fingerprint density at radius 1 is 1.09 bits per heavy atom. The minimum atomic E-state index is -4.23. The van der Waals surface area contributed by atoms with Crippen molar-refractivity contribution in [3.63, 3.8) is 0 Å². The molecule has 2 aromatic carbocycles. The number of sulfonamides is 1. The summed E-state index contributed by atoms with van der Waals surface area (Å²) in [5, 5.41) is 13.1. The number of nitrogens with zero attached hydrogens (tertiary/aromatic N) is 1. The smallest absolute Gasteiger partial charge is 0.414 e. The van der Waals surface area contributed by atoms with Crippen LogP contribution in [0, 0.1) is 11.6 Å². The average Bonchev–Trinajstić information content (AvgIpc) is 2.67. The molecule has 0 spiro atoms. The van der Waals surface area contributed by atoms with Crippen LogP contribution in [0.1, 0.15) is 39.2 Å². The largest absolute Gasteiger partial charge is 0.417 e. The van der Waals surface area contributed by atoms with Crippen LogP contribution in [0.5, 0.6) is 0 Å². The highest BCUT2D eigenvalue weighted by Crippen LogP contribution is 2.29. The summed E-state index contributed by atoms with van der Waals surface area (Å²) in [6, 6.07) is 9.41. The van der Waals surface area contributed by atoms with E-state index in [9.17, 15) is 27.1 Å². The molecule has 174 valence electrons. The number of carbonyl (C=O) groups is 1. The van der Waals surface area contributed by atoms with E-state index in [1.54, 1.807) is 12.1 Å². The molecule has 0 aromatic heterocycles. The molecule has 10 heteroatoms. The first-order valence-electron chi connectivity index (χ1n) is 10.1. The number of piperidine rings is 1. The van der Waals surface area contributed by atoms with Crippen LogP contribution in [0.4, 0.5) is 19.3 Å². The van der Waals surface area contributed by atoms with E-state index in [1.807, 2.05) is 12.1 Å². The van der Waals surface area contributed by atoms with Crippen LogP contribution in [-0.4, -0.2) is 42.8 Å². The molecule has 2 N–H and O–H groups in total. The number of ether oxygens (including phenoxy) is 1. The molecule has 32 heavy (non-hydrogen) atoms. The molecule has 0 aliphatic carbocycles. The molecule has 1 heterocycles. The fraction of sp³-hybridized carbons (Fsp3) is 0.409. The van der Waals surface area contributed by atoms with Gasteiger partial charge in [0.2, 0.25) is 15.8 Å². The minimum absolute atomic E-state index is 0.0423. The number of carbonyl (C=O) groups excluding carboxylic acids is 1.